The standard InChI is InChI=1S/C17H21NO3/c1-2-12-7-9-13(10-8-12)11-18-16(19)14-5-3-4-6-15(14)17(20)21/h3-4,7-10,14-15H,2,5-6,11H2,1H3,(H,18,19)(H,20,21)/t14-,15+/m1/s1. The van der Waals surface area contributed by atoms with E-state index in [1.165, 1.54) is 5.56 Å². The highest BCUT2D eigenvalue weighted by molar-refractivity contribution is 5.85. The average molecular weight is 287 g/mol. The minimum atomic E-state index is -0.896. The molecule has 112 valence electrons. The van der Waals surface area contributed by atoms with Crippen molar-refractivity contribution in [2.75, 3.05) is 0 Å². The third kappa shape index (κ3) is 3.94. The molecule has 2 atom stereocenters. The number of nitrogens with one attached hydrogen (secondary N) is 1. The summed E-state index contributed by atoms with van der Waals surface area (Å²) in [6.45, 7) is 2.54. The second-order valence-corrected chi connectivity index (χ2v) is 5.38. The van der Waals surface area contributed by atoms with Gasteiger partial charge in [0.2, 0.25) is 5.91 Å². The SMILES string of the molecule is CCc1ccc(CNC(=O)[C@@H]2CC=CC[C@@H]2C(=O)O)cc1. The van der Waals surface area contributed by atoms with E-state index in [1.54, 1.807) is 0 Å². The van der Waals surface area contributed by atoms with Crippen LogP contribution in [-0.4, -0.2) is 17.0 Å². The van der Waals surface area contributed by atoms with Crippen LogP contribution in [0.25, 0.3) is 0 Å². The summed E-state index contributed by atoms with van der Waals surface area (Å²) in [4.78, 5) is 23.4. The van der Waals surface area contributed by atoms with Gasteiger partial charge in [-0.1, -0.05) is 43.3 Å². The van der Waals surface area contributed by atoms with Crippen LogP contribution in [0.15, 0.2) is 36.4 Å². The zero-order chi connectivity index (χ0) is 15.2. The topological polar surface area (TPSA) is 66.4 Å². The number of carbonyl (C=O) groups is 2. The minimum absolute atomic E-state index is 0.175. The minimum Gasteiger partial charge on any atom is -0.481 e. The molecule has 0 saturated heterocycles. The number of carboxylic acids is 1. The van der Waals surface area contributed by atoms with Crippen molar-refractivity contribution in [3.63, 3.8) is 0 Å². The number of hydrogen-bond acceptors (Lipinski definition) is 2. The molecule has 0 unspecified atom stereocenters. The molecule has 4 heteroatoms. The Kier molecular flexibility index (Phi) is 5.14. The predicted molar refractivity (Wildman–Crippen MR) is 80.7 cm³/mol. The number of carboxylic acid groups (broad SMARTS) is 1. The fourth-order valence-corrected chi connectivity index (χ4v) is 2.59. The van der Waals surface area contributed by atoms with Crippen LogP contribution in [0, 0.1) is 11.8 Å². The van der Waals surface area contributed by atoms with Gasteiger partial charge in [-0.25, -0.2) is 0 Å². The summed E-state index contributed by atoms with van der Waals surface area (Å²) >= 11 is 0. The van der Waals surface area contributed by atoms with Crippen LogP contribution in [0.1, 0.15) is 30.9 Å². The van der Waals surface area contributed by atoms with Crippen molar-refractivity contribution >= 4 is 11.9 Å². The third-order valence-corrected chi connectivity index (χ3v) is 3.98. The van der Waals surface area contributed by atoms with Gasteiger partial charge in [-0.3, -0.25) is 9.59 Å². The molecule has 0 heterocycles. The van der Waals surface area contributed by atoms with Crippen molar-refractivity contribution in [3.8, 4) is 0 Å². The van der Waals surface area contributed by atoms with Crippen LogP contribution < -0.4 is 5.32 Å². The summed E-state index contributed by atoms with van der Waals surface area (Å²) in [6, 6.07) is 8.08. The van der Waals surface area contributed by atoms with Crippen molar-refractivity contribution in [2.24, 2.45) is 11.8 Å². The Morgan fingerprint density at radius 1 is 1.10 bits per heavy atom. The van der Waals surface area contributed by atoms with E-state index in [0.29, 0.717) is 19.4 Å². The van der Waals surface area contributed by atoms with Crippen molar-refractivity contribution in [3.05, 3.63) is 47.5 Å². The van der Waals surface area contributed by atoms with E-state index in [0.717, 1.165) is 12.0 Å². The van der Waals surface area contributed by atoms with Crippen molar-refractivity contribution in [1.82, 2.24) is 5.32 Å². The van der Waals surface area contributed by atoms with Crippen molar-refractivity contribution < 1.29 is 14.7 Å². The fourth-order valence-electron chi connectivity index (χ4n) is 2.59. The van der Waals surface area contributed by atoms with Gasteiger partial charge in [0, 0.05) is 6.54 Å². The number of rotatable bonds is 5. The van der Waals surface area contributed by atoms with Crippen LogP contribution in [0.5, 0.6) is 0 Å². The number of aliphatic carboxylic acids is 1. The maximum atomic E-state index is 12.2. The Morgan fingerprint density at radius 3 is 2.24 bits per heavy atom. The van der Waals surface area contributed by atoms with Crippen molar-refractivity contribution in [1.29, 1.82) is 0 Å². The fraction of sp³-hybridized carbons (Fsp3) is 0.412. The lowest BCUT2D eigenvalue weighted by atomic mass is 9.82. The largest absolute Gasteiger partial charge is 0.481 e. The maximum absolute atomic E-state index is 12.2. The molecule has 0 spiro atoms. The van der Waals surface area contributed by atoms with Gasteiger partial charge in [0.15, 0.2) is 0 Å². The van der Waals surface area contributed by atoms with Gasteiger partial charge in [-0.2, -0.15) is 0 Å². The highest BCUT2D eigenvalue weighted by Gasteiger charge is 2.33. The molecular weight excluding hydrogens is 266 g/mol. The zero-order valence-electron chi connectivity index (χ0n) is 12.2. The Labute approximate surface area is 124 Å². The first-order valence-electron chi connectivity index (χ1n) is 7.35. The summed E-state index contributed by atoms with van der Waals surface area (Å²) in [7, 11) is 0. The van der Waals surface area contributed by atoms with E-state index >= 15 is 0 Å². The number of benzene rings is 1. The molecule has 0 radical (unpaired) electrons. The molecule has 0 aromatic heterocycles. The number of allylic oxidation sites excluding steroid dienone is 2. The predicted octanol–water partition coefficient (Wildman–Crippen LogP) is 2.53. The van der Waals surface area contributed by atoms with Gasteiger partial charge in [0.25, 0.3) is 0 Å². The molecule has 4 nitrogen and oxygen atoms in total. The van der Waals surface area contributed by atoms with Gasteiger partial charge in [0.05, 0.1) is 11.8 Å². The normalized spacial score (nSPS) is 21.0. The molecule has 1 aromatic rings. The first-order chi connectivity index (χ1) is 10.1. The number of amides is 1. The number of carbonyl (C=O) groups excluding carboxylic acids is 1. The molecule has 0 saturated carbocycles. The second-order valence-electron chi connectivity index (χ2n) is 5.38. The molecule has 21 heavy (non-hydrogen) atoms. The summed E-state index contributed by atoms with van der Waals surface area (Å²) in [5.74, 6) is -2.15. The van der Waals surface area contributed by atoms with E-state index in [9.17, 15) is 14.7 Å². The highest BCUT2D eigenvalue weighted by Crippen LogP contribution is 2.26. The first kappa shape index (κ1) is 15.3. The zero-order valence-corrected chi connectivity index (χ0v) is 12.2. The molecule has 0 fully saturated rings. The van der Waals surface area contributed by atoms with E-state index in [4.69, 9.17) is 0 Å². The monoisotopic (exact) mass is 287 g/mol. The van der Waals surface area contributed by atoms with Crippen LogP contribution in [0.4, 0.5) is 0 Å². The molecule has 2 rings (SSSR count). The molecule has 0 bridgehead atoms. The number of hydrogen-bond donors (Lipinski definition) is 2. The van der Waals surface area contributed by atoms with E-state index in [-0.39, 0.29) is 5.91 Å². The van der Waals surface area contributed by atoms with E-state index < -0.39 is 17.8 Å². The van der Waals surface area contributed by atoms with Gasteiger partial charge < -0.3 is 10.4 Å². The molecule has 1 aromatic carbocycles. The molecule has 0 aliphatic heterocycles. The van der Waals surface area contributed by atoms with Crippen LogP contribution in [-0.2, 0) is 22.6 Å². The molecule has 2 N–H and O–H groups in total. The summed E-state index contributed by atoms with van der Waals surface area (Å²) in [5, 5.41) is 12.0. The van der Waals surface area contributed by atoms with E-state index in [1.807, 2.05) is 36.4 Å². The highest BCUT2D eigenvalue weighted by atomic mass is 16.4. The van der Waals surface area contributed by atoms with Gasteiger partial charge in [-0.15, -0.1) is 0 Å². The smallest absolute Gasteiger partial charge is 0.307 e. The lowest BCUT2D eigenvalue weighted by Crippen LogP contribution is -2.38. The Hall–Kier alpha value is -2.10. The Balaban J connectivity index is 1.93. The lowest BCUT2D eigenvalue weighted by Gasteiger charge is -2.24. The van der Waals surface area contributed by atoms with Crippen LogP contribution in [0.2, 0.25) is 0 Å². The molecule has 1 amide bonds. The van der Waals surface area contributed by atoms with Gasteiger partial charge in [-0.05, 0) is 30.4 Å². The average Bonchev–Trinajstić information content (AvgIpc) is 2.53. The second kappa shape index (κ2) is 7.07. The maximum Gasteiger partial charge on any atom is 0.307 e. The summed E-state index contributed by atoms with van der Waals surface area (Å²) in [5.41, 5.74) is 2.28. The van der Waals surface area contributed by atoms with Crippen LogP contribution >= 0.6 is 0 Å². The van der Waals surface area contributed by atoms with Crippen molar-refractivity contribution in [2.45, 2.75) is 32.7 Å². The molecular formula is C17H21NO3. The van der Waals surface area contributed by atoms with Gasteiger partial charge >= 0.3 is 5.97 Å². The third-order valence-electron chi connectivity index (χ3n) is 3.98. The lowest BCUT2D eigenvalue weighted by molar-refractivity contribution is -0.147. The quantitative estimate of drug-likeness (QED) is 0.818. The molecule has 1 aliphatic rings. The van der Waals surface area contributed by atoms with E-state index in [2.05, 4.69) is 12.2 Å². The Morgan fingerprint density at radius 2 is 1.67 bits per heavy atom. The number of aryl methyl sites for hydroxylation is 1. The Bertz CT molecular complexity index is 533. The summed E-state index contributed by atoms with van der Waals surface area (Å²) < 4.78 is 0. The first-order valence-corrected chi connectivity index (χ1v) is 7.35. The van der Waals surface area contributed by atoms with Gasteiger partial charge in [0.1, 0.15) is 0 Å². The summed E-state index contributed by atoms with van der Waals surface area (Å²) in [6.07, 6.45) is 5.64. The van der Waals surface area contributed by atoms with Crippen LogP contribution in [0.3, 0.4) is 0 Å². The molecule has 1 aliphatic carbocycles.